The van der Waals surface area contributed by atoms with Crippen LogP contribution in [0.5, 0.6) is 11.5 Å². The minimum atomic E-state index is 0.161. The molecular formula is C24H34N2O2. The lowest BCUT2D eigenvalue weighted by molar-refractivity contribution is 0.311. The third-order valence-electron chi connectivity index (χ3n) is 4.73. The molecule has 0 radical (unpaired) electrons. The van der Waals surface area contributed by atoms with Gasteiger partial charge in [-0.25, -0.2) is 0 Å². The first-order chi connectivity index (χ1) is 13.7. The summed E-state index contributed by atoms with van der Waals surface area (Å²) in [6.07, 6.45) is 11.5. The van der Waals surface area contributed by atoms with E-state index in [9.17, 15) is 5.11 Å². The lowest BCUT2D eigenvalue weighted by atomic mass is 10.0. The minimum Gasteiger partial charge on any atom is -0.507 e. The van der Waals surface area contributed by atoms with Crippen LogP contribution in [0.2, 0.25) is 0 Å². The molecule has 0 saturated heterocycles. The number of aromatic hydroxyl groups is 1. The van der Waals surface area contributed by atoms with Gasteiger partial charge in [0.1, 0.15) is 11.5 Å². The molecule has 3 N–H and O–H groups in total. The molecule has 152 valence electrons. The van der Waals surface area contributed by atoms with Gasteiger partial charge in [-0.15, -0.1) is 0 Å². The molecule has 0 unspecified atom stereocenters. The Bertz CT molecular complexity index is 711. The van der Waals surface area contributed by atoms with Crippen molar-refractivity contribution in [3.05, 3.63) is 53.6 Å². The molecular weight excluding hydrogens is 348 g/mol. The maximum atomic E-state index is 10.1. The second-order valence-corrected chi connectivity index (χ2v) is 7.15. The summed E-state index contributed by atoms with van der Waals surface area (Å²) in [6.45, 7) is 3.39. The van der Waals surface area contributed by atoms with Crippen molar-refractivity contribution in [3.8, 4) is 11.5 Å². The standard InChI is InChI=1S/C24H34N2O2/c1-2-3-4-5-6-7-9-20-10-13-22(14-11-20)26-19-21-12-15-23(18-24(21)27)28-17-8-16-25/h10-15,18-19,27H,2-9,16-17,25H2,1H3. The lowest BCUT2D eigenvalue weighted by Crippen LogP contribution is -2.06. The summed E-state index contributed by atoms with van der Waals surface area (Å²) in [4.78, 5) is 4.47. The summed E-state index contributed by atoms with van der Waals surface area (Å²) >= 11 is 0. The fourth-order valence-electron chi connectivity index (χ4n) is 3.00. The summed E-state index contributed by atoms with van der Waals surface area (Å²) < 4.78 is 5.53. The van der Waals surface area contributed by atoms with Crippen molar-refractivity contribution in [2.24, 2.45) is 10.7 Å². The molecule has 0 bridgehead atoms. The molecule has 0 spiro atoms. The van der Waals surface area contributed by atoms with Crippen LogP contribution in [0.25, 0.3) is 0 Å². The molecule has 0 saturated carbocycles. The monoisotopic (exact) mass is 382 g/mol. The van der Waals surface area contributed by atoms with E-state index in [1.807, 2.05) is 24.3 Å². The number of phenolic OH excluding ortho intramolecular Hbond substituents is 1. The van der Waals surface area contributed by atoms with Crippen LogP contribution in [0.1, 0.15) is 63.0 Å². The van der Waals surface area contributed by atoms with Crippen LogP contribution < -0.4 is 10.5 Å². The molecule has 4 heteroatoms. The first-order valence-electron chi connectivity index (χ1n) is 10.5. The van der Waals surface area contributed by atoms with E-state index in [2.05, 4.69) is 24.0 Å². The third-order valence-corrected chi connectivity index (χ3v) is 4.73. The minimum absolute atomic E-state index is 0.161. The van der Waals surface area contributed by atoms with Crippen molar-refractivity contribution >= 4 is 11.9 Å². The van der Waals surface area contributed by atoms with Gasteiger partial charge >= 0.3 is 0 Å². The normalized spacial score (nSPS) is 11.2. The number of phenols is 1. The maximum absolute atomic E-state index is 10.1. The first kappa shape index (κ1) is 22.0. The topological polar surface area (TPSA) is 67.8 Å². The second kappa shape index (κ2) is 12.9. The van der Waals surface area contributed by atoms with Crippen molar-refractivity contribution in [2.75, 3.05) is 13.2 Å². The van der Waals surface area contributed by atoms with Gasteiger partial charge in [-0.05, 0) is 55.6 Å². The number of nitrogens with two attached hydrogens (primary N) is 1. The number of hydrogen-bond acceptors (Lipinski definition) is 4. The predicted molar refractivity (Wildman–Crippen MR) is 118 cm³/mol. The zero-order valence-corrected chi connectivity index (χ0v) is 17.1. The van der Waals surface area contributed by atoms with Crippen LogP contribution in [0.3, 0.4) is 0 Å². The second-order valence-electron chi connectivity index (χ2n) is 7.15. The molecule has 2 rings (SSSR count). The number of ether oxygens (including phenoxy) is 1. The van der Waals surface area contributed by atoms with Crippen LogP contribution in [0, 0.1) is 0 Å². The number of nitrogens with zero attached hydrogens (tertiary/aromatic N) is 1. The number of aliphatic imine (C=N–C) groups is 1. The van der Waals surface area contributed by atoms with Crippen LogP contribution in [-0.4, -0.2) is 24.5 Å². The summed E-state index contributed by atoms with van der Waals surface area (Å²) in [5, 5.41) is 10.1. The molecule has 2 aromatic carbocycles. The molecule has 0 fully saturated rings. The highest BCUT2D eigenvalue weighted by Crippen LogP contribution is 2.23. The van der Waals surface area contributed by atoms with Gasteiger partial charge in [0.2, 0.25) is 0 Å². The molecule has 0 aromatic heterocycles. The number of unbranched alkanes of at least 4 members (excludes halogenated alkanes) is 5. The van der Waals surface area contributed by atoms with Crippen molar-refractivity contribution in [1.82, 2.24) is 0 Å². The van der Waals surface area contributed by atoms with E-state index in [0.717, 1.165) is 18.5 Å². The van der Waals surface area contributed by atoms with Gasteiger partial charge in [0.25, 0.3) is 0 Å². The van der Waals surface area contributed by atoms with Crippen LogP contribution in [-0.2, 0) is 6.42 Å². The van der Waals surface area contributed by atoms with Gasteiger partial charge < -0.3 is 15.6 Å². The van der Waals surface area contributed by atoms with Crippen molar-refractivity contribution < 1.29 is 9.84 Å². The quantitative estimate of drug-likeness (QED) is 0.341. The van der Waals surface area contributed by atoms with E-state index in [-0.39, 0.29) is 5.75 Å². The van der Waals surface area contributed by atoms with Crippen molar-refractivity contribution in [3.63, 3.8) is 0 Å². The molecule has 28 heavy (non-hydrogen) atoms. The summed E-state index contributed by atoms with van der Waals surface area (Å²) in [6, 6.07) is 13.6. The summed E-state index contributed by atoms with van der Waals surface area (Å²) in [5.74, 6) is 0.802. The highest BCUT2D eigenvalue weighted by atomic mass is 16.5. The Morgan fingerprint density at radius 3 is 2.43 bits per heavy atom. The number of rotatable bonds is 13. The molecule has 4 nitrogen and oxygen atoms in total. The Morgan fingerprint density at radius 1 is 0.964 bits per heavy atom. The van der Waals surface area contributed by atoms with Gasteiger partial charge in [0.15, 0.2) is 0 Å². The van der Waals surface area contributed by atoms with Crippen LogP contribution in [0.15, 0.2) is 47.5 Å². The van der Waals surface area contributed by atoms with Gasteiger partial charge in [0, 0.05) is 17.8 Å². The Balaban J connectivity index is 1.82. The summed E-state index contributed by atoms with van der Waals surface area (Å²) in [5.41, 5.74) is 8.36. The van der Waals surface area contributed by atoms with Crippen molar-refractivity contribution in [1.29, 1.82) is 0 Å². The third kappa shape index (κ3) is 8.13. The molecule has 0 aliphatic carbocycles. The predicted octanol–water partition coefficient (Wildman–Crippen LogP) is 5.77. The van der Waals surface area contributed by atoms with E-state index < -0.39 is 0 Å². The number of aryl methyl sites for hydroxylation is 1. The maximum Gasteiger partial charge on any atom is 0.128 e. The van der Waals surface area contributed by atoms with Gasteiger partial charge in [0.05, 0.1) is 12.3 Å². The van der Waals surface area contributed by atoms with Gasteiger partial charge in [-0.3, -0.25) is 4.99 Å². The van der Waals surface area contributed by atoms with Crippen molar-refractivity contribution in [2.45, 2.75) is 58.3 Å². The Labute approximate surface area is 169 Å². The Morgan fingerprint density at radius 2 is 1.71 bits per heavy atom. The van der Waals surface area contributed by atoms with E-state index in [1.165, 1.54) is 44.1 Å². The van der Waals surface area contributed by atoms with E-state index in [4.69, 9.17) is 10.5 Å². The zero-order valence-electron chi connectivity index (χ0n) is 17.1. The summed E-state index contributed by atoms with van der Waals surface area (Å²) in [7, 11) is 0. The highest BCUT2D eigenvalue weighted by Gasteiger charge is 2.02. The SMILES string of the molecule is CCCCCCCCc1ccc(N=Cc2ccc(OCCCN)cc2O)cc1. The number of hydrogen-bond donors (Lipinski definition) is 2. The van der Waals surface area contributed by atoms with Crippen LogP contribution >= 0.6 is 0 Å². The van der Waals surface area contributed by atoms with Crippen LogP contribution in [0.4, 0.5) is 5.69 Å². The average molecular weight is 383 g/mol. The first-order valence-corrected chi connectivity index (χ1v) is 10.5. The Kier molecular flexibility index (Phi) is 10.2. The zero-order chi connectivity index (χ0) is 20.0. The highest BCUT2D eigenvalue weighted by molar-refractivity contribution is 5.85. The fourth-order valence-corrected chi connectivity index (χ4v) is 3.00. The number of benzene rings is 2. The molecule has 2 aromatic rings. The van der Waals surface area contributed by atoms with Gasteiger partial charge in [-0.2, -0.15) is 0 Å². The molecule has 0 heterocycles. The molecule has 0 atom stereocenters. The Hall–Kier alpha value is -2.33. The van der Waals surface area contributed by atoms with E-state index >= 15 is 0 Å². The molecule has 0 aliphatic heterocycles. The smallest absolute Gasteiger partial charge is 0.128 e. The van der Waals surface area contributed by atoms with E-state index in [0.29, 0.717) is 24.5 Å². The van der Waals surface area contributed by atoms with Gasteiger partial charge in [-0.1, -0.05) is 51.2 Å². The molecule has 0 aliphatic rings. The average Bonchev–Trinajstić information content (AvgIpc) is 2.71. The van der Waals surface area contributed by atoms with E-state index in [1.54, 1.807) is 12.3 Å². The lowest BCUT2D eigenvalue weighted by Gasteiger charge is -2.07. The fraction of sp³-hybridized carbons (Fsp3) is 0.458. The largest absolute Gasteiger partial charge is 0.507 e. The molecule has 0 amide bonds.